The van der Waals surface area contributed by atoms with Gasteiger partial charge in [-0.2, -0.15) is 0 Å². The molecule has 0 amide bonds. The molecule has 2 rings (SSSR count). The molecule has 1 aromatic heterocycles. The minimum Gasteiger partial charge on any atom is -0.394 e. The van der Waals surface area contributed by atoms with Gasteiger partial charge in [-0.05, 0) is 31.4 Å². The van der Waals surface area contributed by atoms with E-state index in [0.29, 0.717) is 11.7 Å². The van der Waals surface area contributed by atoms with Crippen LogP contribution in [0, 0.1) is 0 Å². The molecular weight excluding hydrogens is 200 g/mol. The van der Waals surface area contributed by atoms with Crippen LogP contribution in [0.5, 0.6) is 0 Å². The Hall–Kier alpha value is -1.25. The number of hydrogen-bond donors (Lipinski definition) is 1. The third-order valence-corrected chi connectivity index (χ3v) is 3.35. The standard InChI is InChI=1S/C13H20N2O/c1-13(2,3)11-8-7-10(14)12(16)15(11)9-5-4-6-9/h7-9H,4-6,14H2,1-3H3. The van der Waals surface area contributed by atoms with Crippen molar-refractivity contribution in [3.63, 3.8) is 0 Å². The van der Waals surface area contributed by atoms with Crippen LogP contribution >= 0.6 is 0 Å². The van der Waals surface area contributed by atoms with E-state index in [4.69, 9.17) is 5.73 Å². The molecule has 1 aliphatic rings. The Kier molecular flexibility index (Phi) is 2.56. The normalized spacial score (nSPS) is 17.2. The Balaban J connectivity index is 2.60. The summed E-state index contributed by atoms with van der Waals surface area (Å²) in [4.78, 5) is 12.1. The van der Waals surface area contributed by atoms with Gasteiger partial charge >= 0.3 is 0 Å². The van der Waals surface area contributed by atoms with Crippen LogP contribution in [-0.4, -0.2) is 4.57 Å². The number of nitrogens with two attached hydrogens (primary N) is 1. The maximum atomic E-state index is 12.1. The Labute approximate surface area is 96.3 Å². The summed E-state index contributed by atoms with van der Waals surface area (Å²) in [7, 11) is 0. The first-order valence-corrected chi connectivity index (χ1v) is 5.93. The quantitative estimate of drug-likeness (QED) is 0.790. The minimum atomic E-state index is -0.0166. The van der Waals surface area contributed by atoms with Crippen molar-refractivity contribution in [1.82, 2.24) is 4.57 Å². The molecule has 0 atom stereocenters. The van der Waals surface area contributed by atoms with Gasteiger partial charge in [0.1, 0.15) is 0 Å². The molecule has 0 spiro atoms. The Morgan fingerprint density at radius 1 is 1.31 bits per heavy atom. The van der Waals surface area contributed by atoms with Gasteiger partial charge in [-0.15, -0.1) is 0 Å². The number of hydrogen-bond acceptors (Lipinski definition) is 2. The van der Waals surface area contributed by atoms with Crippen LogP contribution in [-0.2, 0) is 5.41 Å². The first kappa shape index (κ1) is 11.2. The Morgan fingerprint density at radius 3 is 2.38 bits per heavy atom. The van der Waals surface area contributed by atoms with E-state index in [0.717, 1.165) is 18.5 Å². The van der Waals surface area contributed by atoms with Gasteiger partial charge < -0.3 is 10.3 Å². The van der Waals surface area contributed by atoms with Crippen LogP contribution in [0.15, 0.2) is 16.9 Å². The molecule has 0 aliphatic heterocycles. The molecule has 0 aromatic carbocycles. The van der Waals surface area contributed by atoms with Gasteiger partial charge in [-0.3, -0.25) is 4.79 Å². The fraction of sp³-hybridized carbons (Fsp3) is 0.615. The molecule has 3 heteroatoms. The summed E-state index contributed by atoms with van der Waals surface area (Å²) in [6, 6.07) is 4.10. The smallest absolute Gasteiger partial charge is 0.274 e. The van der Waals surface area contributed by atoms with Crippen LogP contribution < -0.4 is 11.3 Å². The molecule has 2 N–H and O–H groups in total. The predicted octanol–water partition coefficient (Wildman–Crippen LogP) is 2.45. The Morgan fingerprint density at radius 2 is 1.94 bits per heavy atom. The zero-order valence-corrected chi connectivity index (χ0v) is 10.3. The van der Waals surface area contributed by atoms with Crippen molar-refractivity contribution < 1.29 is 0 Å². The number of aromatic nitrogens is 1. The highest BCUT2D eigenvalue weighted by molar-refractivity contribution is 5.37. The maximum Gasteiger partial charge on any atom is 0.274 e. The van der Waals surface area contributed by atoms with Gasteiger partial charge in [-0.1, -0.05) is 20.8 Å². The van der Waals surface area contributed by atoms with Gasteiger partial charge in [0.2, 0.25) is 0 Å². The lowest BCUT2D eigenvalue weighted by Crippen LogP contribution is -2.36. The highest BCUT2D eigenvalue weighted by Crippen LogP contribution is 2.34. The number of nitrogen functional groups attached to an aromatic ring is 1. The zero-order chi connectivity index (χ0) is 11.9. The van der Waals surface area contributed by atoms with Crippen LogP contribution in [0.25, 0.3) is 0 Å². The van der Waals surface area contributed by atoms with Crippen molar-refractivity contribution >= 4 is 5.69 Å². The molecule has 1 saturated carbocycles. The van der Waals surface area contributed by atoms with Crippen molar-refractivity contribution in [2.75, 3.05) is 5.73 Å². The predicted molar refractivity (Wildman–Crippen MR) is 66.7 cm³/mol. The van der Waals surface area contributed by atoms with Crippen molar-refractivity contribution in [2.45, 2.75) is 51.5 Å². The highest BCUT2D eigenvalue weighted by atomic mass is 16.1. The van der Waals surface area contributed by atoms with Crippen molar-refractivity contribution in [3.05, 3.63) is 28.2 Å². The van der Waals surface area contributed by atoms with Crippen molar-refractivity contribution in [2.24, 2.45) is 0 Å². The van der Waals surface area contributed by atoms with E-state index in [1.165, 1.54) is 6.42 Å². The molecule has 3 nitrogen and oxygen atoms in total. The van der Waals surface area contributed by atoms with Gasteiger partial charge in [0.25, 0.3) is 5.56 Å². The molecule has 1 aromatic rings. The van der Waals surface area contributed by atoms with Gasteiger partial charge in [0, 0.05) is 17.2 Å². The van der Waals surface area contributed by atoms with Gasteiger partial charge in [-0.25, -0.2) is 0 Å². The Bertz CT molecular complexity index is 450. The van der Waals surface area contributed by atoms with E-state index in [1.807, 2.05) is 10.6 Å². The first-order valence-electron chi connectivity index (χ1n) is 5.93. The zero-order valence-electron chi connectivity index (χ0n) is 10.3. The van der Waals surface area contributed by atoms with E-state index in [9.17, 15) is 4.79 Å². The fourth-order valence-corrected chi connectivity index (χ4v) is 2.19. The van der Waals surface area contributed by atoms with Gasteiger partial charge in [0.05, 0.1) is 5.69 Å². The van der Waals surface area contributed by atoms with E-state index in [2.05, 4.69) is 20.8 Å². The maximum absolute atomic E-state index is 12.1. The topological polar surface area (TPSA) is 48.0 Å². The average Bonchev–Trinajstić information content (AvgIpc) is 2.08. The molecule has 0 unspecified atom stereocenters. The lowest BCUT2D eigenvalue weighted by atomic mass is 9.87. The summed E-state index contributed by atoms with van der Waals surface area (Å²) in [5.41, 5.74) is 7.14. The number of nitrogens with zero attached hydrogens (tertiary/aromatic N) is 1. The molecular formula is C13H20N2O. The van der Waals surface area contributed by atoms with Crippen molar-refractivity contribution in [3.8, 4) is 0 Å². The number of rotatable bonds is 1. The molecule has 0 bridgehead atoms. The molecule has 1 fully saturated rings. The summed E-state index contributed by atoms with van der Waals surface area (Å²) < 4.78 is 1.92. The average molecular weight is 220 g/mol. The van der Waals surface area contributed by atoms with Crippen LogP contribution in [0.1, 0.15) is 51.8 Å². The largest absolute Gasteiger partial charge is 0.394 e. The third kappa shape index (κ3) is 1.75. The summed E-state index contributed by atoms with van der Waals surface area (Å²) in [5, 5.41) is 0. The van der Waals surface area contributed by atoms with E-state index < -0.39 is 0 Å². The first-order chi connectivity index (χ1) is 7.41. The monoisotopic (exact) mass is 220 g/mol. The summed E-state index contributed by atoms with van der Waals surface area (Å²) in [6.07, 6.45) is 3.42. The van der Waals surface area contributed by atoms with E-state index in [-0.39, 0.29) is 11.0 Å². The molecule has 1 heterocycles. The summed E-state index contributed by atoms with van der Waals surface area (Å²) >= 11 is 0. The van der Waals surface area contributed by atoms with Crippen LogP contribution in [0.2, 0.25) is 0 Å². The van der Waals surface area contributed by atoms with Crippen LogP contribution in [0.4, 0.5) is 5.69 Å². The number of pyridine rings is 1. The highest BCUT2D eigenvalue weighted by Gasteiger charge is 2.27. The lowest BCUT2D eigenvalue weighted by Gasteiger charge is -2.34. The fourth-order valence-electron chi connectivity index (χ4n) is 2.19. The number of anilines is 1. The second-order valence-corrected chi connectivity index (χ2v) is 5.68. The molecule has 1 aliphatic carbocycles. The molecule has 0 saturated heterocycles. The molecule has 0 radical (unpaired) electrons. The van der Waals surface area contributed by atoms with Crippen molar-refractivity contribution in [1.29, 1.82) is 0 Å². The third-order valence-electron chi connectivity index (χ3n) is 3.35. The minimum absolute atomic E-state index is 0.0115. The van der Waals surface area contributed by atoms with Crippen LogP contribution in [0.3, 0.4) is 0 Å². The SMILES string of the molecule is CC(C)(C)c1ccc(N)c(=O)n1C1CCC1. The molecule has 16 heavy (non-hydrogen) atoms. The van der Waals surface area contributed by atoms with E-state index in [1.54, 1.807) is 6.07 Å². The summed E-state index contributed by atoms with van der Waals surface area (Å²) in [5.74, 6) is 0. The van der Waals surface area contributed by atoms with E-state index >= 15 is 0 Å². The molecule has 88 valence electrons. The summed E-state index contributed by atoms with van der Waals surface area (Å²) in [6.45, 7) is 6.40. The second kappa shape index (κ2) is 3.65. The van der Waals surface area contributed by atoms with Gasteiger partial charge in [0.15, 0.2) is 0 Å². The lowest BCUT2D eigenvalue weighted by molar-refractivity contribution is 0.288. The second-order valence-electron chi connectivity index (χ2n) is 5.68.